The van der Waals surface area contributed by atoms with E-state index in [-0.39, 0.29) is 23.3 Å². The van der Waals surface area contributed by atoms with Crippen molar-refractivity contribution in [3.05, 3.63) is 29.3 Å². The summed E-state index contributed by atoms with van der Waals surface area (Å²) in [5.41, 5.74) is -0.184. The van der Waals surface area contributed by atoms with E-state index in [1.807, 2.05) is 0 Å². The minimum atomic E-state index is -4.94. The molecule has 0 aromatic heterocycles. The Morgan fingerprint density at radius 2 is 1.95 bits per heavy atom. The molecule has 8 heteroatoms. The van der Waals surface area contributed by atoms with Crippen molar-refractivity contribution >= 4 is 11.8 Å². The first-order chi connectivity index (χ1) is 9.10. The van der Waals surface area contributed by atoms with Crippen molar-refractivity contribution in [3.63, 3.8) is 0 Å². The third-order valence-electron chi connectivity index (χ3n) is 2.32. The number of Topliss-reactive ketones (excluding diaryl/α,β-unsaturated/α-hetero) is 1. The highest BCUT2D eigenvalue weighted by atomic mass is 19.4. The van der Waals surface area contributed by atoms with Gasteiger partial charge in [-0.1, -0.05) is 6.07 Å². The van der Waals surface area contributed by atoms with E-state index in [9.17, 15) is 27.9 Å². The zero-order valence-corrected chi connectivity index (χ0v) is 10.3. The summed E-state index contributed by atoms with van der Waals surface area (Å²) in [6.07, 6.45) is -7.18. The van der Waals surface area contributed by atoms with Crippen LogP contribution in [0, 0.1) is 0 Å². The second-order valence-electron chi connectivity index (χ2n) is 4.03. The lowest BCUT2D eigenvalue weighted by Crippen LogP contribution is -2.18. The van der Waals surface area contributed by atoms with Gasteiger partial charge in [-0.2, -0.15) is 0 Å². The number of benzene rings is 1. The lowest BCUT2D eigenvalue weighted by Gasteiger charge is -2.15. The largest absolute Gasteiger partial charge is 0.573 e. The van der Waals surface area contributed by atoms with Crippen molar-refractivity contribution in [2.75, 3.05) is 0 Å². The number of carbonyl (C=O) groups excluding carboxylic acids is 1. The van der Waals surface area contributed by atoms with Crippen LogP contribution in [-0.4, -0.2) is 28.3 Å². The molecule has 0 heterocycles. The third kappa shape index (κ3) is 4.54. The quantitative estimate of drug-likeness (QED) is 0.865. The van der Waals surface area contributed by atoms with Crippen molar-refractivity contribution in [1.29, 1.82) is 0 Å². The summed E-state index contributed by atoms with van der Waals surface area (Å²) >= 11 is 0. The van der Waals surface area contributed by atoms with Crippen molar-refractivity contribution in [3.8, 4) is 5.75 Å². The molecule has 0 bridgehead atoms. The van der Waals surface area contributed by atoms with Crippen LogP contribution in [0.1, 0.15) is 24.2 Å². The monoisotopic (exact) mass is 292 g/mol. The summed E-state index contributed by atoms with van der Waals surface area (Å²) in [4.78, 5) is 21.8. The van der Waals surface area contributed by atoms with Gasteiger partial charge in [-0.15, -0.1) is 13.2 Å². The van der Waals surface area contributed by atoms with Crippen molar-refractivity contribution in [2.24, 2.45) is 0 Å². The first kappa shape index (κ1) is 16.0. The second-order valence-corrected chi connectivity index (χ2v) is 4.03. The Labute approximate surface area is 111 Å². The van der Waals surface area contributed by atoms with Gasteiger partial charge in [0.25, 0.3) is 0 Å². The number of hydrogen-bond donors (Lipinski definition) is 2. The van der Waals surface area contributed by atoms with Gasteiger partial charge in [-0.05, 0) is 30.2 Å². The molecule has 0 aliphatic rings. The van der Waals surface area contributed by atoms with Gasteiger partial charge in [0, 0.05) is 6.42 Å². The van der Waals surface area contributed by atoms with Gasteiger partial charge in [-0.25, -0.2) is 4.79 Å². The fourth-order valence-electron chi connectivity index (χ4n) is 1.59. The molecule has 1 aromatic rings. The predicted molar refractivity (Wildman–Crippen MR) is 60.1 cm³/mol. The standard InChI is InChI=1S/C12H11F3O5/c1-6(16)4-7-2-3-8(20-12(13,14)15)5-9(7)10(17)11(18)19/h2-3,5,10,17H,4H2,1H3,(H,18,19). The fraction of sp³-hybridized carbons (Fsp3) is 0.333. The number of carboxylic acids is 1. The number of carbonyl (C=O) groups is 2. The number of ether oxygens (including phenoxy) is 1. The summed E-state index contributed by atoms with van der Waals surface area (Å²) in [5.74, 6) is -2.63. The first-order valence-electron chi connectivity index (χ1n) is 5.39. The van der Waals surface area contributed by atoms with Crippen molar-refractivity contribution in [2.45, 2.75) is 25.8 Å². The molecular formula is C12H11F3O5. The Morgan fingerprint density at radius 1 is 1.35 bits per heavy atom. The van der Waals surface area contributed by atoms with Crippen LogP contribution in [0.4, 0.5) is 13.2 Å². The highest BCUT2D eigenvalue weighted by molar-refractivity contribution is 5.80. The number of aliphatic hydroxyl groups excluding tert-OH is 1. The highest BCUT2D eigenvalue weighted by Gasteiger charge is 2.32. The van der Waals surface area contributed by atoms with Crippen LogP contribution in [0.3, 0.4) is 0 Å². The van der Waals surface area contributed by atoms with Crippen LogP contribution in [0.15, 0.2) is 18.2 Å². The number of alkyl halides is 3. The number of carboxylic acid groups (broad SMARTS) is 1. The van der Waals surface area contributed by atoms with Gasteiger partial charge in [0.15, 0.2) is 6.10 Å². The molecule has 0 aliphatic heterocycles. The van der Waals surface area contributed by atoms with Gasteiger partial charge in [0.05, 0.1) is 0 Å². The fourth-order valence-corrected chi connectivity index (χ4v) is 1.59. The van der Waals surface area contributed by atoms with Gasteiger partial charge in [0.1, 0.15) is 11.5 Å². The zero-order chi connectivity index (χ0) is 15.5. The topological polar surface area (TPSA) is 83.8 Å². The Bertz CT molecular complexity index is 524. The van der Waals surface area contributed by atoms with Crippen LogP contribution in [0.25, 0.3) is 0 Å². The molecule has 1 rings (SSSR count). The lowest BCUT2D eigenvalue weighted by molar-refractivity contribution is -0.274. The maximum Gasteiger partial charge on any atom is 0.573 e. The molecule has 0 radical (unpaired) electrons. The molecule has 0 saturated heterocycles. The molecule has 0 amide bonds. The Kier molecular flexibility index (Phi) is 4.72. The molecule has 0 saturated carbocycles. The predicted octanol–water partition coefficient (Wildman–Crippen LogP) is 1.83. The molecule has 1 atom stereocenters. The van der Waals surface area contributed by atoms with Crippen LogP contribution >= 0.6 is 0 Å². The number of aliphatic carboxylic acids is 1. The summed E-state index contributed by atoms with van der Waals surface area (Å²) in [6, 6.07) is 2.82. The minimum Gasteiger partial charge on any atom is -0.479 e. The Balaban J connectivity index is 3.21. The molecule has 0 aliphatic carbocycles. The molecule has 1 unspecified atom stereocenters. The molecular weight excluding hydrogens is 281 g/mol. The Morgan fingerprint density at radius 3 is 2.40 bits per heavy atom. The maximum absolute atomic E-state index is 12.1. The number of rotatable bonds is 5. The van der Waals surface area contributed by atoms with E-state index < -0.39 is 24.2 Å². The molecule has 1 aromatic carbocycles. The van der Waals surface area contributed by atoms with E-state index in [4.69, 9.17) is 5.11 Å². The van der Waals surface area contributed by atoms with E-state index in [0.29, 0.717) is 0 Å². The first-order valence-corrected chi connectivity index (χ1v) is 5.39. The summed E-state index contributed by atoms with van der Waals surface area (Å²) < 4.78 is 39.9. The second kappa shape index (κ2) is 5.91. The Hall–Kier alpha value is -2.09. The van der Waals surface area contributed by atoms with Gasteiger partial charge < -0.3 is 14.9 Å². The number of ketones is 1. The van der Waals surface area contributed by atoms with Crippen molar-refractivity contribution in [1.82, 2.24) is 0 Å². The van der Waals surface area contributed by atoms with E-state index >= 15 is 0 Å². The van der Waals surface area contributed by atoms with Crippen LogP contribution in [0.2, 0.25) is 0 Å². The van der Waals surface area contributed by atoms with Crippen LogP contribution in [-0.2, 0) is 16.0 Å². The molecule has 5 nitrogen and oxygen atoms in total. The normalized spacial score (nSPS) is 12.8. The van der Waals surface area contributed by atoms with E-state index in [0.717, 1.165) is 18.2 Å². The maximum atomic E-state index is 12.1. The summed E-state index contributed by atoms with van der Waals surface area (Å²) in [6.45, 7) is 1.23. The van der Waals surface area contributed by atoms with Crippen LogP contribution < -0.4 is 4.74 Å². The summed E-state index contributed by atoms with van der Waals surface area (Å²) in [5, 5.41) is 18.2. The van der Waals surface area contributed by atoms with E-state index in [2.05, 4.69) is 4.74 Å². The molecule has 0 spiro atoms. The SMILES string of the molecule is CC(=O)Cc1ccc(OC(F)(F)F)cc1C(O)C(=O)O. The van der Waals surface area contributed by atoms with Crippen LogP contribution in [0.5, 0.6) is 5.75 Å². The van der Waals surface area contributed by atoms with Gasteiger partial charge in [-0.3, -0.25) is 4.79 Å². The molecule has 20 heavy (non-hydrogen) atoms. The summed E-state index contributed by atoms with van der Waals surface area (Å²) in [7, 11) is 0. The molecule has 0 fully saturated rings. The van der Waals surface area contributed by atoms with E-state index in [1.54, 1.807) is 0 Å². The number of hydrogen-bond acceptors (Lipinski definition) is 4. The van der Waals surface area contributed by atoms with Crippen molar-refractivity contribution < 1.29 is 37.7 Å². The average molecular weight is 292 g/mol. The lowest BCUT2D eigenvalue weighted by atomic mass is 9.98. The third-order valence-corrected chi connectivity index (χ3v) is 2.32. The average Bonchev–Trinajstić information content (AvgIpc) is 2.27. The van der Waals surface area contributed by atoms with E-state index in [1.165, 1.54) is 6.92 Å². The van der Waals surface area contributed by atoms with Gasteiger partial charge in [0.2, 0.25) is 0 Å². The molecule has 2 N–H and O–H groups in total. The zero-order valence-electron chi connectivity index (χ0n) is 10.3. The number of halogens is 3. The minimum absolute atomic E-state index is 0.127. The highest BCUT2D eigenvalue weighted by Crippen LogP contribution is 2.28. The van der Waals surface area contributed by atoms with Gasteiger partial charge >= 0.3 is 12.3 Å². The molecule has 110 valence electrons. The number of aliphatic hydroxyl groups is 1. The smallest absolute Gasteiger partial charge is 0.479 e.